The van der Waals surface area contributed by atoms with Crippen molar-refractivity contribution in [2.45, 2.75) is 24.8 Å². The molecule has 0 saturated heterocycles. The van der Waals surface area contributed by atoms with Gasteiger partial charge in [0.2, 0.25) is 10.0 Å². The van der Waals surface area contributed by atoms with Crippen molar-refractivity contribution in [2.75, 3.05) is 19.6 Å². The number of nitrogens with one attached hydrogen (secondary N) is 1. The Morgan fingerprint density at radius 3 is 2.67 bits per heavy atom. The normalized spacial score (nSPS) is 16.3. The lowest BCUT2D eigenvalue weighted by Crippen LogP contribution is -2.34. The molecule has 4 nitrogen and oxygen atoms in total. The van der Waals surface area contributed by atoms with Crippen molar-refractivity contribution in [3.8, 4) is 0 Å². The summed E-state index contributed by atoms with van der Waals surface area (Å²) in [6, 6.07) is 2.00. The van der Waals surface area contributed by atoms with Gasteiger partial charge in [0, 0.05) is 25.2 Å². The fraction of sp³-hybridized carbons (Fsp3) is 0.429. The molecule has 2 rings (SSSR count). The molecule has 7 heteroatoms. The molecule has 116 valence electrons. The van der Waals surface area contributed by atoms with Gasteiger partial charge in [0.1, 0.15) is 10.7 Å². The predicted molar refractivity (Wildman–Crippen MR) is 76.3 cm³/mol. The summed E-state index contributed by atoms with van der Waals surface area (Å²) in [6.45, 7) is 2.81. The Morgan fingerprint density at radius 1 is 1.29 bits per heavy atom. The highest BCUT2D eigenvalue weighted by atomic mass is 32.2. The first-order chi connectivity index (χ1) is 9.98. The topological polar surface area (TPSA) is 49.4 Å². The van der Waals surface area contributed by atoms with Crippen molar-refractivity contribution in [3.05, 3.63) is 41.5 Å². The van der Waals surface area contributed by atoms with Crippen LogP contribution in [0.5, 0.6) is 0 Å². The Bertz CT molecular complexity index is 645. The molecule has 1 aliphatic heterocycles. The summed E-state index contributed by atoms with van der Waals surface area (Å²) >= 11 is 0. The van der Waals surface area contributed by atoms with Crippen molar-refractivity contribution in [3.63, 3.8) is 0 Å². The quantitative estimate of drug-likeness (QED) is 0.846. The molecule has 0 amide bonds. The van der Waals surface area contributed by atoms with Crippen LogP contribution in [0, 0.1) is 11.6 Å². The minimum Gasteiger partial charge on any atom is -0.313 e. The van der Waals surface area contributed by atoms with Crippen LogP contribution >= 0.6 is 0 Å². The largest absolute Gasteiger partial charge is 0.313 e. The van der Waals surface area contributed by atoms with Gasteiger partial charge in [0.15, 0.2) is 5.82 Å². The molecular weight excluding hydrogens is 298 g/mol. The van der Waals surface area contributed by atoms with Gasteiger partial charge in [-0.25, -0.2) is 17.2 Å². The first-order valence-electron chi connectivity index (χ1n) is 6.81. The van der Waals surface area contributed by atoms with E-state index in [-0.39, 0.29) is 18.7 Å². The molecule has 1 aromatic rings. The molecule has 0 aromatic heterocycles. The minimum absolute atomic E-state index is 0.0442. The van der Waals surface area contributed by atoms with Gasteiger partial charge >= 0.3 is 0 Å². The molecule has 1 aromatic carbocycles. The first kappa shape index (κ1) is 16.1. The standard InChI is InChI=1S/C14H18F2N2O2S/c1-2-17-10-11-12(15)6-7-13(14(11)16)21(19,20)18-8-4-3-5-9-18/h3-4,6-7,17H,2,5,8-10H2,1H3. The summed E-state index contributed by atoms with van der Waals surface area (Å²) in [5.74, 6) is -1.75. The number of rotatable bonds is 5. The zero-order valence-corrected chi connectivity index (χ0v) is 12.6. The highest BCUT2D eigenvalue weighted by Gasteiger charge is 2.29. The Balaban J connectivity index is 2.41. The average Bonchev–Trinajstić information content (AvgIpc) is 2.48. The van der Waals surface area contributed by atoms with Crippen molar-refractivity contribution in [1.29, 1.82) is 0 Å². The van der Waals surface area contributed by atoms with E-state index >= 15 is 0 Å². The monoisotopic (exact) mass is 316 g/mol. The van der Waals surface area contributed by atoms with E-state index in [4.69, 9.17) is 0 Å². The lowest BCUT2D eigenvalue weighted by atomic mass is 10.2. The van der Waals surface area contributed by atoms with Crippen LogP contribution in [0.1, 0.15) is 18.9 Å². The number of hydrogen-bond donors (Lipinski definition) is 1. The fourth-order valence-electron chi connectivity index (χ4n) is 2.16. The van der Waals surface area contributed by atoms with Gasteiger partial charge in [-0.15, -0.1) is 0 Å². The second kappa shape index (κ2) is 6.64. The predicted octanol–water partition coefficient (Wildman–Crippen LogP) is 2.02. The van der Waals surface area contributed by atoms with Gasteiger partial charge < -0.3 is 5.32 Å². The van der Waals surface area contributed by atoms with Crippen LogP contribution in [0.25, 0.3) is 0 Å². The van der Waals surface area contributed by atoms with Crippen LogP contribution in [0.3, 0.4) is 0 Å². The number of nitrogens with zero attached hydrogens (tertiary/aromatic N) is 1. The Kier molecular flexibility index (Phi) is 5.08. The van der Waals surface area contributed by atoms with E-state index in [0.717, 1.165) is 12.1 Å². The molecule has 0 aliphatic carbocycles. The second-order valence-electron chi connectivity index (χ2n) is 4.74. The summed E-state index contributed by atoms with van der Waals surface area (Å²) in [5, 5.41) is 2.80. The molecule has 21 heavy (non-hydrogen) atoms. The van der Waals surface area contributed by atoms with Crippen molar-refractivity contribution in [2.24, 2.45) is 0 Å². The molecule has 1 aliphatic rings. The Morgan fingerprint density at radius 2 is 2.05 bits per heavy atom. The van der Waals surface area contributed by atoms with Gasteiger partial charge in [0.05, 0.1) is 0 Å². The maximum absolute atomic E-state index is 14.4. The van der Waals surface area contributed by atoms with E-state index in [0.29, 0.717) is 19.5 Å². The van der Waals surface area contributed by atoms with E-state index in [2.05, 4.69) is 5.32 Å². The van der Waals surface area contributed by atoms with Crippen LogP contribution in [0.15, 0.2) is 29.2 Å². The van der Waals surface area contributed by atoms with Crippen molar-refractivity contribution < 1.29 is 17.2 Å². The zero-order chi connectivity index (χ0) is 15.5. The SMILES string of the molecule is CCNCc1c(F)ccc(S(=O)(=O)N2CC=CCC2)c1F. The molecule has 0 fully saturated rings. The van der Waals surface area contributed by atoms with E-state index in [1.807, 2.05) is 6.08 Å². The van der Waals surface area contributed by atoms with Gasteiger partial charge in [-0.2, -0.15) is 4.31 Å². The van der Waals surface area contributed by atoms with Crippen LogP contribution in [0.4, 0.5) is 8.78 Å². The van der Waals surface area contributed by atoms with Crippen LogP contribution < -0.4 is 5.32 Å². The second-order valence-corrected chi connectivity index (χ2v) is 6.65. The number of benzene rings is 1. The van der Waals surface area contributed by atoms with Gasteiger partial charge in [-0.1, -0.05) is 19.1 Å². The van der Waals surface area contributed by atoms with Gasteiger partial charge in [-0.3, -0.25) is 0 Å². The van der Waals surface area contributed by atoms with E-state index < -0.39 is 26.6 Å². The lowest BCUT2D eigenvalue weighted by molar-refractivity contribution is 0.430. The van der Waals surface area contributed by atoms with Gasteiger partial charge in [-0.05, 0) is 25.1 Å². The maximum Gasteiger partial charge on any atom is 0.246 e. The Labute approximate surface area is 123 Å². The number of hydrogen-bond acceptors (Lipinski definition) is 3. The highest BCUT2D eigenvalue weighted by Crippen LogP contribution is 2.25. The molecule has 1 N–H and O–H groups in total. The summed E-state index contributed by atoms with van der Waals surface area (Å²) < 4.78 is 54.2. The molecule has 0 radical (unpaired) electrons. The molecule has 1 heterocycles. The third kappa shape index (κ3) is 3.30. The van der Waals surface area contributed by atoms with E-state index in [1.165, 1.54) is 4.31 Å². The maximum atomic E-state index is 14.4. The summed E-state index contributed by atoms with van der Waals surface area (Å²) in [6.07, 6.45) is 4.19. The third-order valence-corrected chi connectivity index (χ3v) is 5.22. The fourth-order valence-corrected chi connectivity index (χ4v) is 3.66. The van der Waals surface area contributed by atoms with E-state index in [9.17, 15) is 17.2 Å². The highest BCUT2D eigenvalue weighted by molar-refractivity contribution is 7.89. The Hall–Kier alpha value is -1.31. The van der Waals surface area contributed by atoms with Crippen LogP contribution in [-0.2, 0) is 16.6 Å². The van der Waals surface area contributed by atoms with E-state index in [1.54, 1.807) is 13.0 Å². The molecule has 0 spiro atoms. The number of halogens is 2. The molecule has 0 saturated carbocycles. The smallest absolute Gasteiger partial charge is 0.246 e. The minimum atomic E-state index is -3.94. The summed E-state index contributed by atoms with van der Waals surface area (Å²) in [4.78, 5) is -0.466. The van der Waals surface area contributed by atoms with Gasteiger partial charge in [0.25, 0.3) is 0 Å². The summed E-state index contributed by atoms with van der Waals surface area (Å²) in [7, 11) is -3.94. The average molecular weight is 316 g/mol. The molecule has 0 bridgehead atoms. The van der Waals surface area contributed by atoms with Crippen molar-refractivity contribution in [1.82, 2.24) is 9.62 Å². The summed E-state index contributed by atoms with van der Waals surface area (Å²) in [5.41, 5.74) is -0.245. The zero-order valence-electron chi connectivity index (χ0n) is 11.8. The van der Waals surface area contributed by atoms with Crippen LogP contribution in [-0.4, -0.2) is 32.4 Å². The molecule has 0 atom stereocenters. The molecular formula is C14H18F2N2O2S. The molecule has 0 unspecified atom stereocenters. The van der Waals surface area contributed by atoms with Crippen LogP contribution in [0.2, 0.25) is 0 Å². The number of sulfonamides is 1. The first-order valence-corrected chi connectivity index (χ1v) is 8.25. The lowest BCUT2D eigenvalue weighted by Gasteiger charge is -2.23. The van der Waals surface area contributed by atoms with Crippen molar-refractivity contribution >= 4 is 10.0 Å². The third-order valence-electron chi connectivity index (χ3n) is 3.34.